The van der Waals surface area contributed by atoms with E-state index in [0.29, 0.717) is 17.9 Å². The number of aliphatic carboxylic acids is 1. The van der Waals surface area contributed by atoms with Gasteiger partial charge in [-0.25, -0.2) is 4.39 Å². The van der Waals surface area contributed by atoms with Crippen LogP contribution in [-0.2, 0) is 17.8 Å². The van der Waals surface area contributed by atoms with E-state index in [2.05, 4.69) is 0 Å². The second-order valence-corrected chi connectivity index (χ2v) is 5.68. The first kappa shape index (κ1) is 16.7. The van der Waals surface area contributed by atoms with Gasteiger partial charge in [0.25, 0.3) is 0 Å². The van der Waals surface area contributed by atoms with E-state index in [1.165, 1.54) is 12.1 Å². The van der Waals surface area contributed by atoms with E-state index >= 15 is 0 Å². The summed E-state index contributed by atoms with van der Waals surface area (Å²) in [5.74, 6) is -0.593. The third-order valence-electron chi connectivity index (χ3n) is 3.79. The zero-order valence-electron chi connectivity index (χ0n) is 13.5. The maximum Gasteiger partial charge on any atom is 0.307 e. The molecule has 0 heterocycles. The summed E-state index contributed by atoms with van der Waals surface area (Å²) >= 11 is 0. The Bertz CT molecular complexity index is 858. The van der Waals surface area contributed by atoms with E-state index in [-0.39, 0.29) is 12.2 Å². The van der Waals surface area contributed by atoms with Crippen LogP contribution in [0.15, 0.2) is 72.8 Å². The van der Waals surface area contributed by atoms with Crippen LogP contribution in [0.25, 0.3) is 11.1 Å². The van der Waals surface area contributed by atoms with E-state index in [9.17, 15) is 9.18 Å². The average molecular weight is 336 g/mol. The number of hydrogen-bond acceptors (Lipinski definition) is 2. The zero-order valence-corrected chi connectivity index (χ0v) is 13.5. The normalized spacial score (nSPS) is 10.4. The molecule has 0 aliphatic rings. The minimum absolute atomic E-state index is 0.0762. The molecule has 126 valence electrons. The highest BCUT2D eigenvalue weighted by molar-refractivity contribution is 5.75. The fraction of sp³-hybridized carbons (Fsp3) is 0.0952. The van der Waals surface area contributed by atoms with E-state index in [1.807, 2.05) is 30.3 Å². The second-order valence-electron chi connectivity index (χ2n) is 5.68. The Hall–Kier alpha value is -3.14. The molecular formula is C21H17FO3. The molecule has 0 saturated heterocycles. The van der Waals surface area contributed by atoms with Crippen molar-refractivity contribution in [3.63, 3.8) is 0 Å². The van der Waals surface area contributed by atoms with Crippen molar-refractivity contribution in [1.82, 2.24) is 0 Å². The molecule has 0 aromatic heterocycles. The Morgan fingerprint density at radius 1 is 0.920 bits per heavy atom. The van der Waals surface area contributed by atoms with Gasteiger partial charge in [0.05, 0.1) is 6.42 Å². The summed E-state index contributed by atoms with van der Waals surface area (Å²) in [5, 5.41) is 9.01. The predicted molar refractivity (Wildman–Crippen MR) is 93.9 cm³/mol. The van der Waals surface area contributed by atoms with Gasteiger partial charge in [-0.1, -0.05) is 48.5 Å². The molecule has 25 heavy (non-hydrogen) atoms. The maximum atomic E-state index is 13.2. The minimum atomic E-state index is -0.900. The van der Waals surface area contributed by atoms with E-state index in [1.54, 1.807) is 30.3 Å². The molecular weight excluding hydrogens is 319 g/mol. The van der Waals surface area contributed by atoms with Crippen LogP contribution in [0.4, 0.5) is 4.39 Å². The van der Waals surface area contributed by atoms with Crippen LogP contribution in [0, 0.1) is 5.82 Å². The quantitative estimate of drug-likeness (QED) is 0.710. The molecule has 0 amide bonds. The summed E-state index contributed by atoms with van der Waals surface area (Å²) in [6.07, 6.45) is -0.0762. The molecule has 0 aliphatic carbocycles. The number of hydrogen-bond donors (Lipinski definition) is 1. The lowest BCUT2D eigenvalue weighted by atomic mass is 10.0. The highest BCUT2D eigenvalue weighted by atomic mass is 19.1. The minimum Gasteiger partial charge on any atom is -0.488 e. The van der Waals surface area contributed by atoms with Crippen LogP contribution in [0.2, 0.25) is 0 Å². The molecule has 0 bridgehead atoms. The van der Waals surface area contributed by atoms with Crippen LogP contribution in [-0.4, -0.2) is 11.1 Å². The second kappa shape index (κ2) is 7.62. The van der Waals surface area contributed by atoms with Crippen molar-refractivity contribution in [2.24, 2.45) is 0 Å². The molecule has 3 aromatic rings. The molecule has 3 rings (SSSR count). The van der Waals surface area contributed by atoms with Crippen LogP contribution in [0.1, 0.15) is 11.1 Å². The van der Waals surface area contributed by atoms with Crippen LogP contribution >= 0.6 is 0 Å². The number of halogens is 1. The van der Waals surface area contributed by atoms with Crippen LogP contribution in [0.3, 0.4) is 0 Å². The number of ether oxygens (including phenoxy) is 1. The van der Waals surface area contributed by atoms with Gasteiger partial charge >= 0.3 is 5.97 Å². The molecule has 0 atom stereocenters. The number of rotatable bonds is 6. The predicted octanol–water partition coefficient (Wildman–Crippen LogP) is 4.70. The van der Waals surface area contributed by atoms with Gasteiger partial charge in [0.1, 0.15) is 18.2 Å². The molecule has 3 aromatic carbocycles. The molecule has 0 unspecified atom stereocenters. The summed E-state index contributed by atoms with van der Waals surface area (Å²) in [4.78, 5) is 11.0. The molecule has 1 N–H and O–H groups in total. The fourth-order valence-corrected chi connectivity index (χ4v) is 2.58. The first-order valence-electron chi connectivity index (χ1n) is 7.89. The van der Waals surface area contributed by atoms with Gasteiger partial charge < -0.3 is 9.84 Å². The van der Waals surface area contributed by atoms with Gasteiger partial charge in [0, 0.05) is 5.56 Å². The zero-order chi connectivity index (χ0) is 17.6. The van der Waals surface area contributed by atoms with Crippen molar-refractivity contribution in [2.45, 2.75) is 13.0 Å². The third-order valence-corrected chi connectivity index (χ3v) is 3.79. The Balaban J connectivity index is 1.92. The van der Waals surface area contributed by atoms with Crippen molar-refractivity contribution >= 4 is 5.97 Å². The molecule has 0 radical (unpaired) electrons. The number of carboxylic acid groups (broad SMARTS) is 1. The summed E-state index contributed by atoms with van der Waals surface area (Å²) in [7, 11) is 0. The lowest BCUT2D eigenvalue weighted by Crippen LogP contribution is -2.02. The topological polar surface area (TPSA) is 46.5 Å². The summed E-state index contributed by atoms with van der Waals surface area (Å²) in [5.41, 5.74) is 3.22. The Morgan fingerprint density at radius 3 is 2.32 bits per heavy atom. The Morgan fingerprint density at radius 2 is 1.64 bits per heavy atom. The van der Waals surface area contributed by atoms with Crippen molar-refractivity contribution in [3.05, 3.63) is 89.7 Å². The highest BCUT2D eigenvalue weighted by Gasteiger charge is 2.10. The monoisotopic (exact) mass is 336 g/mol. The number of carbonyl (C=O) groups is 1. The molecule has 0 aliphatic heterocycles. The van der Waals surface area contributed by atoms with Gasteiger partial charge in [-0.2, -0.15) is 0 Å². The summed E-state index contributed by atoms with van der Waals surface area (Å²) in [6.45, 7) is 0.396. The standard InChI is InChI=1S/C21H17FO3/c22-18-9-7-17(8-10-18)19-12-16(13-21(23)24)6-11-20(19)25-14-15-4-2-1-3-5-15/h1-12H,13-14H2,(H,23,24). The first-order chi connectivity index (χ1) is 12.1. The Kier molecular flexibility index (Phi) is 5.09. The van der Waals surface area contributed by atoms with Crippen LogP contribution < -0.4 is 4.74 Å². The molecule has 3 nitrogen and oxygen atoms in total. The lowest BCUT2D eigenvalue weighted by molar-refractivity contribution is -0.136. The highest BCUT2D eigenvalue weighted by Crippen LogP contribution is 2.32. The summed E-state index contributed by atoms with van der Waals surface area (Å²) < 4.78 is 19.1. The van der Waals surface area contributed by atoms with Gasteiger partial charge in [0.15, 0.2) is 0 Å². The van der Waals surface area contributed by atoms with Crippen molar-refractivity contribution < 1.29 is 19.0 Å². The van der Waals surface area contributed by atoms with Gasteiger partial charge in [-0.05, 0) is 41.0 Å². The van der Waals surface area contributed by atoms with E-state index in [0.717, 1.165) is 16.7 Å². The Labute approximate surface area is 145 Å². The largest absolute Gasteiger partial charge is 0.488 e. The van der Waals surface area contributed by atoms with Crippen molar-refractivity contribution in [1.29, 1.82) is 0 Å². The van der Waals surface area contributed by atoms with Crippen LogP contribution in [0.5, 0.6) is 5.75 Å². The first-order valence-corrected chi connectivity index (χ1v) is 7.89. The molecule has 0 spiro atoms. The molecule has 0 saturated carbocycles. The number of carboxylic acids is 1. The fourth-order valence-electron chi connectivity index (χ4n) is 2.58. The average Bonchev–Trinajstić information content (AvgIpc) is 2.62. The maximum absolute atomic E-state index is 13.2. The van der Waals surface area contributed by atoms with E-state index in [4.69, 9.17) is 9.84 Å². The van der Waals surface area contributed by atoms with E-state index < -0.39 is 5.97 Å². The lowest BCUT2D eigenvalue weighted by Gasteiger charge is -2.13. The van der Waals surface area contributed by atoms with Crippen molar-refractivity contribution in [3.8, 4) is 16.9 Å². The van der Waals surface area contributed by atoms with Gasteiger partial charge in [0.2, 0.25) is 0 Å². The SMILES string of the molecule is O=C(O)Cc1ccc(OCc2ccccc2)c(-c2ccc(F)cc2)c1. The van der Waals surface area contributed by atoms with Crippen molar-refractivity contribution in [2.75, 3.05) is 0 Å². The molecule has 4 heteroatoms. The van der Waals surface area contributed by atoms with Gasteiger partial charge in [-0.15, -0.1) is 0 Å². The third kappa shape index (κ3) is 4.44. The summed E-state index contributed by atoms with van der Waals surface area (Å²) in [6, 6.07) is 21.1. The number of benzene rings is 3. The smallest absolute Gasteiger partial charge is 0.307 e. The molecule has 0 fully saturated rings. The van der Waals surface area contributed by atoms with Gasteiger partial charge in [-0.3, -0.25) is 4.79 Å².